The highest BCUT2D eigenvalue weighted by Crippen LogP contribution is 2.46. The lowest BCUT2D eigenvalue weighted by atomic mass is 9.83. The van der Waals surface area contributed by atoms with Crippen LogP contribution < -0.4 is 4.90 Å². The summed E-state index contributed by atoms with van der Waals surface area (Å²) in [7, 11) is -1.68. The van der Waals surface area contributed by atoms with Crippen LogP contribution in [0.5, 0.6) is 0 Å². The topological polar surface area (TPSA) is 87.0 Å². The number of hydrogen-bond donors (Lipinski definition) is 0. The SMILES string of the molecule is Cc1noc(C)c1S(=O)(=O)N1CCCN(CC(=O)/C=C2\N(C)c3ccccc3C2(C)C)CC1. The van der Waals surface area contributed by atoms with Crippen LogP contribution in [0.25, 0.3) is 0 Å². The molecule has 0 atom stereocenters. The smallest absolute Gasteiger partial charge is 0.248 e. The molecule has 9 heteroatoms. The number of benzene rings is 1. The first-order valence-electron chi connectivity index (χ1n) is 11.3. The van der Waals surface area contributed by atoms with E-state index in [2.05, 4.69) is 36.0 Å². The van der Waals surface area contributed by atoms with Crippen molar-refractivity contribution >= 4 is 21.5 Å². The minimum Gasteiger partial charge on any atom is -0.360 e. The Morgan fingerprint density at radius 3 is 2.55 bits per heavy atom. The highest BCUT2D eigenvalue weighted by atomic mass is 32.2. The number of rotatable bonds is 5. The van der Waals surface area contributed by atoms with Crippen LogP contribution in [0.1, 0.15) is 37.3 Å². The second-order valence-corrected chi connectivity index (χ2v) is 11.3. The van der Waals surface area contributed by atoms with Crippen molar-refractivity contribution in [3.05, 3.63) is 53.1 Å². The van der Waals surface area contributed by atoms with E-state index in [0.29, 0.717) is 44.1 Å². The fourth-order valence-corrected chi connectivity index (χ4v) is 6.76. The van der Waals surface area contributed by atoms with Gasteiger partial charge in [0.2, 0.25) is 10.0 Å². The van der Waals surface area contributed by atoms with Crippen molar-refractivity contribution in [2.75, 3.05) is 44.7 Å². The number of likely N-dealkylation sites (N-methyl/N-ethyl adjacent to an activating group) is 1. The molecule has 2 aliphatic heterocycles. The number of ketones is 1. The van der Waals surface area contributed by atoms with Gasteiger partial charge in [0.25, 0.3) is 0 Å². The third-order valence-electron chi connectivity index (χ3n) is 6.73. The molecular weight excluding hydrogens is 440 g/mol. The first-order chi connectivity index (χ1) is 15.5. The van der Waals surface area contributed by atoms with Gasteiger partial charge in [-0.15, -0.1) is 0 Å². The van der Waals surface area contributed by atoms with Gasteiger partial charge in [-0.05, 0) is 38.4 Å². The van der Waals surface area contributed by atoms with Gasteiger partial charge in [-0.2, -0.15) is 4.31 Å². The molecule has 4 rings (SSSR count). The Morgan fingerprint density at radius 1 is 1.15 bits per heavy atom. The Balaban J connectivity index is 1.45. The number of carbonyl (C=O) groups is 1. The van der Waals surface area contributed by atoms with Crippen molar-refractivity contribution < 1.29 is 17.7 Å². The van der Waals surface area contributed by atoms with Crippen molar-refractivity contribution in [3.63, 3.8) is 0 Å². The third kappa shape index (κ3) is 4.25. The molecule has 0 aliphatic carbocycles. The summed E-state index contributed by atoms with van der Waals surface area (Å²) in [5.74, 6) is 0.333. The lowest BCUT2D eigenvalue weighted by molar-refractivity contribution is -0.115. The Morgan fingerprint density at radius 2 is 1.88 bits per heavy atom. The van der Waals surface area contributed by atoms with Crippen LogP contribution in [-0.4, -0.2) is 68.3 Å². The minimum absolute atomic E-state index is 0.0276. The standard InChI is InChI=1S/C24H32N4O4S/c1-17-23(18(2)32-25-17)33(30,31)28-12-8-11-27(13-14-28)16-19(29)15-22-24(3,4)20-9-6-7-10-21(20)26(22)5/h6-7,9-10,15H,8,11-14,16H2,1-5H3/b22-15-. The predicted octanol–water partition coefficient (Wildman–Crippen LogP) is 2.87. The fraction of sp³-hybridized carbons (Fsp3) is 0.500. The van der Waals surface area contributed by atoms with E-state index in [1.807, 2.05) is 24.1 Å². The van der Waals surface area contributed by atoms with Gasteiger partial charge in [-0.3, -0.25) is 9.69 Å². The second kappa shape index (κ2) is 8.70. The van der Waals surface area contributed by atoms with E-state index in [1.165, 1.54) is 9.87 Å². The molecule has 1 fully saturated rings. The first kappa shape index (κ1) is 23.7. The zero-order valence-electron chi connectivity index (χ0n) is 20.0. The molecule has 1 aromatic carbocycles. The Kier molecular flexibility index (Phi) is 6.24. The monoisotopic (exact) mass is 472 g/mol. The number of nitrogens with zero attached hydrogens (tertiary/aromatic N) is 4. The van der Waals surface area contributed by atoms with Gasteiger partial charge in [0.05, 0.1) is 6.54 Å². The molecule has 0 spiro atoms. The van der Waals surface area contributed by atoms with E-state index in [-0.39, 0.29) is 22.6 Å². The molecule has 33 heavy (non-hydrogen) atoms. The van der Waals surface area contributed by atoms with Crippen molar-refractivity contribution in [1.29, 1.82) is 0 Å². The highest BCUT2D eigenvalue weighted by molar-refractivity contribution is 7.89. The third-order valence-corrected chi connectivity index (χ3v) is 8.87. The number of anilines is 1. The van der Waals surface area contributed by atoms with Gasteiger partial charge in [-0.25, -0.2) is 8.42 Å². The van der Waals surface area contributed by atoms with Crippen LogP contribution in [0.4, 0.5) is 5.69 Å². The molecule has 0 bridgehead atoms. The van der Waals surface area contributed by atoms with E-state index in [4.69, 9.17) is 4.52 Å². The maximum Gasteiger partial charge on any atom is 0.248 e. The number of allylic oxidation sites excluding steroid dienone is 1. The van der Waals surface area contributed by atoms with Crippen molar-refractivity contribution in [1.82, 2.24) is 14.4 Å². The van der Waals surface area contributed by atoms with Crippen LogP contribution >= 0.6 is 0 Å². The van der Waals surface area contributed by atoms with Gasteiger partial charge in [-0.1, -0.05) is 37.2 Å². The maximum absolute atomic E-state index is 13.1. The summed E-state index contributed by atoms with van der Waals surface area (Å²) in [5, 5.41) is 3.79. The average Bonchev–Trinajstić information content (AvgIpc) is 3.06. The minimum atomic E-state index is -3.68. The number of hydrogen-bond acceptors (Lipinski definition) is 7. The van der Waals surface area contributed by atoms with Crippen molar-refractivity contribution in [2.24, 2.45) is 0 Å². The largest absolute Gasteiger partial charge is 0.360 e. The average molecular weight is 473 g/mol. The zero-order chi connectivity index (χ0) is 24.0. The molecule has 0 radical (unpaired) electrons. The molecule has 0 amide bonds. The molecule has 1 saturated heterocycles. The molecule has 0 saturated carbocycles. The van der Waals surface area contributed by atoms with Crippen LogP contribution in [-0.2, 0) is 20.2 Å². The van der Waals surface area contributed by atoms with Gasteiger partial charge >= 0.3 is 0 Å². The van der Waals surface area contributed by atoms with E-state index < -0.39 is 10.0 Å². The number of carbonyl (C=O) groups excluding carboxylic acids is 1. The summed E-state index contributed by atoms with van der Waals surface area (Å²) in [6.45, 7) is 9.69. The van der Waals surface area contributed by atoms with Gasteiger partial charge in [0.1, 0.15) is 10.6 Å². The van der Waals surface area contributed by atoms with E-state index in [9.17, 15) is 13.2 Å². The molecule has 178 valence electrons. The molecule has 2 aliphatic rings. The van der Waals surface area contributed by atoms with E-state index in [0.717, 1.165) is 11.4 Å². The molecule has 3 heterocycles. The van der Waals surface area contributed by atoms with Gasteiger partial charge in [0.15, 0.2) is 11.5 Å². The molecule has 0 N–H and O–H groups in total. The number of fused-ring (bicyclic) bond motifs is 1. The summed E-state index contributed by atoms with van der Waals surface area (Å²) in [6.07, 6.45) is 2.41. The first-order valence-corrected chi connectivity index (χ1v) is 12.7. The van der Waals surface area contributed by atoms with Crippen LogP contribution in [0, 0.1) is 13.8 Å². The Labute approximate surface area is 195 Å². The molecule has 8 nitrogen and oxygen atoms in total. The number of sulfonamides is 1. The lowest BCUT2D eigenvalue weighted by Gasteiger charge is -2.25. The normalized spacial score (nSPS) is 20.8. The van der Waals surface area contributed by atoms with Gasteiger partial charge in [0, 0.05) is 49.6 Å². The lowest BCUT2D eigenvalue weighted by Crippen LogP contribution is -2.37. The van der Waals surface area contributed by atoms with Crippen molar-refractivity contribution in [2.45, 2.75) is 44.4 Å². The molecular formula is C24H32N4O4S. The Bertz CT molecular complexity index is 1180. The molecule has 1 aromatic heterocycles. The van der Waals surface area contributed by atoms with Crippen LogP contribution in [0.3, 0.4) is 0 Å². The summed E-state index contributed by atoms with van der Waals surface area (Å²) >= 11 is 0. The molecule has 2 aromatic rings. The summed E-state index contributed by atoms with van der Waals surface area (Å²) in [5.41, 5.74) is 3.43. The fourth-order valence-electron chi connectivity index (χ4n) is 5.00. The maximum atomic E-state index is 13.1. The summed E-state index contributed by atoms with van der Waals surface area (Å²) in [4.78, 5) is 17.3. The van der Waals surface area contributed by atoms with Gasteiger partial charge < -0.3 is 9.42 Å². The summed E-state index contributed by atoms with van der Waals surface area (Å²) in [6, 6.07) is 8.22. The quantitative estimate of drug-likeness (QED) is 0.619. The van der Waals surface area contributed by atoms with Crippen LogP contribution in [0.2, 0.25) is 0 Å². The van der Waals surface area contributed by atoms with Crippen LogP contribution in [0.15, 0.2) is 45.5 Å². The summed E-state index contributed by atoms with van der Waals surface area (Å²) < 4.78 is 32.8. The second-order valence-electron chi connectivity index (χ2n) is 9.38. The predicted molar refractivity (Wildman–Crippen MR) is 127 cm³/mol. The van der Waals surface area contributed by atoms with E-state index in [1.54, 1.807) is 19.9 Å². The van der Waals surface area contributed by atoms with Crippen molar-refractivity contribution in [3.8, 4) is 0 Å². The number of aryl methyl sites for hydroxylation is 2. The molecule has 0 unspecified atom stereocenters. The Hall–Kier alpha value is -2.49. The number of para-hydroxylation sites is 1. The number of aromatic nitrogens is 1. The van der Waals surface area contributed by atoms with E-state index >= 15 is 0 Å². The zero-order valence-corrected chi connectivity index (χ0v) is 20.8. The highest BCUT2D eigenvalue weighted by Gasteiger charge is 2.38.